The van der Waals surface area contributed by atoms with E-state index in [2.05, 4.69) is 0 Å². The topological polar surface area (TPSA) is 83.9 Å². The van der Waals surface area contributed by atoms with Crippen LogP contribution in [0.2, 0.25) is 0 Å². The largest absolute Gasteiger partial charge is 0.460 e. The van der Waals surface area contributed by atoms with Gasteiger partial charge in [-0.05, 0) is 28.5 Å². The maximum Gasteiger partial charge on any atom is 0.324 e. The molecule has 29 heavy (non-hydrogen) atoms. The summed E-state index contributed by atoms with van der Waals surface area (Å²) in [4.78, 5) is 12.7. The highest BCUT2D eigenvalue weighted by molar-refractivity contribution is 7.89. The molecule has 2 atom stereocenters. The summed E-state index contributed by atoms with van der Waals surface area (Å²) in [5, 5.41) is 11.8. The molecule has 150 valence electrons. The Morgan fingerprint density at radius 3 is 2.45 bits per heavy atom. The SMILES string of the molecule is O=C(OCc1ccccc1)[C@@H]1C[C@@H](O)CN1S(=O)(=O)c1ccc2ccccc2c1. The number of aliphatic hydroxyl groups excluding tert-OH is 1. The van der Waals surface area contributed by atoms with E-state index in [9.17, 15) is 18.3 Å². The van der Waals surface area contributed by atoms with E-state index in [-0.39, 0.29) is 24.5 Å². The highest BCUT2D eigenvalue weighted by atomic mass is 32.2. The van der Waals surface area contributed by atoms with Gasteiger partial charge in [0.15, 0.2) is 0 Å². The molecule has 6 nitrogen and oxygen atoms in total. The predicted octanol–water partition coefficient (Wildman–Crippen LogP) is 2.71. The van der Waals surface area contributed by atoms with Gasteiger partial charge in [-0.2, -0.15) is 4.31 Å². The lowest BCUT2D eigenvalue weighted by Crippen LogP contribution is -2.41. The predicted molar refractivity (Wildman–Crippen MR) is 108 cm³/mol. The van der Waals surface area contributed by atoms with Crippen molar-refractivity contribution in [3.05, 3.63) is 78.4 Å². The number of nitrogens with zero attached hydrogens (tertiary/aromatic N) is 1. The molecule has 4 rings (SSSR count). The first kappa shape index (κ1) is 19.6. The summed E-state index contributed by atoms with van der Waals surface area (Å²) in [6.45, 7) is -0.0869. The second-order valence-electron chi connectivity index (χ2n) is 7.08. The van der Waals surface area contributed by atoms with Crippen LogP contribution in [0.5, 0.6) is 0 Å². The number of hydrogen-bond acceptors (Lipinski definition) is 5. The van der Waals surface area contributed by atoms with Crippen LogP contribution in [-0.2, 0) is 26.2 Å². The summed E-state index contributed by atoms with van der Waals surface area (Å²) < 4.78 is 32.8. The Morgan fingerprint density at radius 2 is 1.69 bits per heavy atom. The summed E-state index contributed by atoms with van der Waals surface area (Å²) in [7, 11) is -3.97. The van der Waals surface area contributed by atoms with Gasteiger partial charge in [0.1, 0.15) is 12.6 Å². The first-order valence-corrected chi connectivity index (χ1v) is 10.8. The van der Waals surface area contributed by atoms with Crippen LogP contribution in [0, 0.1) is 0 Å². The van der Waals surface area contributed by atoms with Gasteiger partial charge in [0.25, 0.3) is 0 Å². The molecule has 1 heterocycles. The fraction of sp³-hybridized carbons (Fsp3) is 0.227. The molecule has 1 N–H and O–H groups in total. The molecule has 3 aromatic rings. The Kier molecular flexibility index (Phi) is 5.36. The maximum absolute atomic E-state index is 13.2. The maximum atomic E-state index is 13.2. The van der Waals surface area contributed by atoms with E-state index >= 15 is 0 Å². The van der Waals surface area contributed by atoms with Gasteiger partial charge in [-0.3, -0.25) is 4.79 Å². The third-order valence-electron chi connectivity index (χ3n) is 5.06. The van der Waals surface area contributed by atoms with Gasteiger partial charge < -0.3 is 9.84 Å². The molecule has 0 unspecified atom stereocenters. The van der Waals surface area contributed by atoms with Gasteiger partial charge in [-0.1, -0.05) is 60.7 Å². The average molecular weight is 411 g/mol. The molecular weight excluding hydrogens is 390 g/mol. The number of carbonyl (C=O) groups excluding carboxylic acids is 1. The van der Waals surface area contributed by atoms with E-state index in [0.29, 0.717) is 0 Å². The second-order valence-corrected chi connectivity index (χ2v) is 8.97. The average Bonchev–Trinajstić information content (AvgIpc) is 3.15. The molecular formula is C22H21NO5S. The highest BCUT2D eigenvalue weighted by Crippen LogP contribution is 2.29. The smallest absolute Gasteiger partial charge is 0.324 e. The van der Waals surface area contributed by atoms with Crippen molar-refractivity contribution in [2.24, 2.45) is 0 Å². The number of carbonyl (C=O) groups is 1. The Hall–Kier alpha value is -2.74. The van der Waals surface area contributed by atoms with Crippen LogP contribution in [-0.4, -0.2) is 42.5 Å². The van der Waals surface area contributed by atoms with E-state index in [0.717, 1.165) is 20.6 Å². The highest BCUT2D eigenvalue weighted by Gasteiger charge is 2.44. The van der Waals surface area contributed by atoms with E-state index in [4.69, 9.17) is 4.74 Å². The lowest BCUT2D eigenvalue weighted by molar-refractivity contribution is -0.148. The Labute approximate surface area is 169 Å². The standard InChI is InChI=1S/C22H21NO5S/c24-19-13-21(22(25)28-15-16-6-2-1-3-7-16)23(14-19)29(26,27)20-11-10-17-8-4-5-9-18(17)12-20/h1-12,19,21,24H,13-15H2/t19-,21+/m1/s1. The number of hydrogen-bond donors (Lipinski definition) is 1. The molecule has 1 aliphatic rings. The molecule has 0 aromatic heterocycles. The van der Waals surface area contributed by atoms with Crippen LogP contribution in [0.15, 0.2) is 77.7 Å². The number of aliphatic hydroxyl groups is 1. The van der Waals surface area contributed by atoms with Gasteiger partial charge in [-0.25, -0.2) is 8.42 Å². The van der Waals surface area contributed by atoms with Gasteiger partial charge in [0.05, 0.1) is 11.0 Å². The Balaban J connectivity index is 1.57. The summed E-state index contributed by atoms with van der Waals surface area (Å²) in [6, 6.07) is 20.4. The van der Waals surface area contributed by atoms with Crippen molar-refractivity contribution in [3.63, 3.8) is 0 Å². The zero-order valence-corrected chi connectivity index (χ0v) is 16.5. The Morgan fingerprint density at radius 1 is 1.00 bits per heavy atom. The first-order valence-electron chi connectivity index (χ1n) is 9.34. The minimum Gasteiger partial charge on any atom is -0.460 e. The zero-order valence-electron chi connectivity index (χ0n) is 15.6. The van der Waals surface area contributed by atoms with Crippen LogP contribution < -0.4 is 0 Å². The van der Waals surface area contributed by atoms with Crippen LogP contribution >= 0.6 is 0 Å². The number of benzene rings is 3. The molecule has 0 radical (unpaired) electrons. The van der Waals surface area contributed by atoms with Crippen molar-refractivity contribution in [3.8, 4) is 0 Å². The van der Waals surface area contributed by atoms with Crippen molar-refractivity contribution >= 4 is 26.8 Å². The Bertz CT molecular complexity index is 1130. The summed E-state index contributed by atoms with van der Waals surface area (Å²) in [6.07, 6.45) is -0.903. The fourth-order valence-electron chi connectivity index (χ4n) is 3.55. The second kappa shape index (κ2) is 7.94. The minimum atomic E-state index is -3.97. The lowest BCUT2D eigenvalue weighted by atomic mass is 10.1. The van der Waals surface area contributed by atoms with Crippen molar-refractivity contribution < 1.29 is 23.1 Å². The quantitative estimate of drug-likeness (QED) is 0.653. The molecule has 0 bridgehead atoms. The van der Waals surface area contributed by atoms with E-state index in [1.807, 2.05) is 54.6 Å². The molecule has 0 saturated carbocycles. The first-order chi connectivity index (χ1) is 13.9. The zero-order chi connectivity index (χ0) is 20.4. The molecule has 1 saturated heterocycles. The molecule has 0 spiro atoms. The van der Waals surface area contributed by atoms with Crippen molar-refractivity contribution in [1.82, 2.24) is 4.31 Å². The van der Waals surface area contributed by atoms with Gasteiger partial charge in [0.2, 0.25) is 10.0 Å². The minimum absolute atomic E-state index is 0.0143. The normalized spacial score (nSPS) is 20.0. The summed E-state index contributed by atoms with van der Waals surface area (Å²) in [5.41, 5.74) is 0.809. The summed E-state index contributed by atoms with van der Waals surface area (Å²) >= 11 is 0. The van der Waals surface area contributed by atoms with Crippen LogP contribution in [0.1, 0.15) is 12.0 Å². The summed E-state index contributed by atoms with van der Waals surface area (Å²) in [5.74, 6) is -0.658. The fourth-order valence-corrected chi connectivity index (χ4v) is 5.21. The molecule has 0 amide bonds. The molecule has 0 aliphatic carbocycles. The van der Waals surface area contributed by atoms with Crippen LogP contribution in [0.25, 0.3) is 10.8 Å². The molecule has 1 aliphatic heterocycles. The van der Waals surface area contributed by atoms with Crippen LogP contribution in [0.3, 0.4) is 0 Å². The third-order valence-corrected chi connectivity index (χ3v) is 6.93. The number of fused-ring (bicyclic) bond motifs is 1. The third kappa shape index (κ3) is 4.03. The van der Waals surface area contributed by atoms with Crippen molar-refractivity contribution in [2.45, 2.75) is 30.1 Å². The van der Waals surface area contributed by atoms with Crippen molar-refractivity contribution in [2.75, 3.05) is 6.54 Å². The molecule has 1 fully saturated rings. The van der Waals surface area contributed by atoms with Crippen LogP contribution in [0.4, 0.5) is 0 Å². The molecule has 7 heteroatoms. The number of ether oxygens (including phenoxy) is 1. The van der Waals surface area contributed by atoms with Gasteiger partial charge in [0, 0.05) is 13.0 Å². The lowest BCUT2D eigenvalue weighted by Gasteiger charge is -2.22. The number of β-amino-alcohol motifs (C(OH)–C–C–N with tert-alkyl or cyclic N) is 1. The van der Waals surface area contributed by atoms with E-state index in [1.54, 1.807) is 12.1 Å². The van der Waals surface area contributed by atoms with Gasteiger partial charge in [-0.15, -0.1) is 0 Å². The number of esters is 1. The monoisotopic (exact) mass is 411 g/mol. The van der Waals surface area contributed by atoms with Crippen molar-refractivity contribution in [1.29, 1.82) is 0 Å². The molecule has 3 aromatic carbocycles. The number of sulfonamides is 1. The van der Waals surface area contributed by atoms with E-state index in [1.165, 1.54) is 6.07 Å². The number of rotatable bonds is 5. The van der Waals surface area contributed by atoms with Gasteiger partial charge >= 0.3 is 5.97 Å². The van der Waals surface area contributed by atoms with E-state index < -0.39 is 28.1 Å².